The summed E-state index contributed by atoms with van der Waals surface area (Å²) in [6.07, 6.45) is 0. The molecule has 4 rings (SSSR count). The molecule has 0 heterocycles. The lowest BCUT2D eigenvalue weighted by molar-refractivity contribution is 1.73. The van der Waals surface area contributed by atoms with Crippen molar-refractivity contribution in [2.45, 2.75) is 0 Å². The van der Waals surface area contributed by atoms with Gasteiger partial charge in [-0.3, -0.25) is 0 Å². The molecule has 0 aliphatic carbocycles. The molecule has 4 aromatic rings. The van der Waals surface area contributed by atoms with E-state index in [1.807, 2.05) is 0 Å². The summed E-state index contributed by atoms with van der Waals surface area (Å²) >= 11 is 0. The van der Waals surface area contributed by atoms with E-state index in [1.54, 1.807) is 0 Å². The summed E-state index contributed by atoms with van der Waals surface area (Å²) in [5, 5.41) is 5.81. The molecular weight excluding hydrogens is 385 g/mol. The van der Waals surface area contributed by atoms with Gasteiger partial charge in [-0.1, -0.05) is 149 Å². The molecule has 0 spiro atoms. The van der Waals surface area contributed by atoms with Crippen molar-refractivity contribution in [3.63, 3.8) is 0 Å². The Bertz CT molecular complexity index is 814. The van der Waals surface area contributed by atoms with Gasteiger partial charge in [0.2, 0.25) is 0 Å². The normalized spacial score (nSPS) is 11.0. The lowest BCUT2D eigenvalue weighted by Crippen LogP contribution is -2.21. The van der Waals surface area contributed by atoms with Gasteiger partial charge in [0, 0.05) is 0 Å². The lowest BCUT2D eigenvalue weighted by Gasteiger charge is -2.22. The predicted octanol–water partition coefficient (Wildman–Crippen LogP) is 4.87. The van der Waals surface area contributed by atoms with E-state index in [1.165, 1.54) is 21.2 Å². The molecule has 0 saturated heterocycles. The molecule has 0 amide bonds. The Hall–Kier alpha value is -2.20. The van der Waals surface area contributed by atoms with Crippen LogP contribution < -0.4 is 21.2 Å². The van der Waals surface area contributed by atoms with Crippen molar-refractivity contribution in [2.24, 2.45) is 0 Å². The first-order chi connectivity index (χ1) is 14.4. The van der Waals surface area contributed by atoms with Crippen molar-refractivity contribution in [3.05, 3.63) is 121 Å². The van der Waals surface area contributed by atoms with Gasteiger partial charge in [-0.25, -0.2) is 0 Å². The molecule has 0 atom stereocenters. The zero-order valence-corrected chi connectivity index (χ0v) is 18.2. The highest BCUT2D eigenvalue weighted by Gasteiger charge is 2.17. The first kappa shape index (κ1) is 20.1. The molecule has 141 valence electrons. The standard InChI is InChI=1S/C26H24BP2/c1-5-13-23(14-6-1)28(24-15-7-2-8-16-24)21-27-22-29(25-17-9-3-10-18-25)26-19-11-4-12-20-26/h1-20H,21-22H2. The second-order valence-corrected chi connectivity index (χ2v) is 11.4. The van der Waals surface area contributed by atoms with Crippen LogP contribution >= 0.6 is 15.8 Å². The van der Waals surface area contributed by atoms with Gasteiger partial charge in [-0.05, 0) is 21.2 Å². The van der Waals surface area contributed by atoms with Crippen molar-refractivity contribution in [1.29, 1.82) is 0 Å². The molecule has 4 aromatic carbocycles. The summed E-state index contributed by atoms with van der Waals surface area (Å²) in [7, 11) is 1.81. The molecular formula is C26H24BP2. The second kappa shape index (κ2) is 10.5. The van der Waals surface area contributed by atoms with E-state index in [4.69, 9.17) is 0 Å². The summed E-state index contributed by atoms with van der Waals surface area (Å²) in [5.74, 6) is 0. The van der Waals surface area contributed by atoms with E-state index in [-0.39, 0.29) is 15.8 Å². The van der Waals surface area contributed by atoms with E-state index in [0.29, 0.717) is 0 Å². The van der Waals surface area contributed by atoms with Gasteiger partial charge in [0.1, 0.15) is 7.28 Å². The van der Waals surface area contributed by atoms with Gasteiger partial charge in [-0.15, -0.1) is 0 Å². The van der Waals surface area contributed by atoms with Crippen LogP contribution in [0.25, 0.3) is 0 Å². The highest BCUT2D eigenvalue weighted by molar-refractivity contribution is 7.76. The molecule has 0 nitrogen and oxygen atoms in total. The summed E-state index contributed by atoms with van der Waals surface area (Å²) < 4.78 is 0. The molecule has 0 unspecified atom stereocenters. The van der Waals surface area contributed by atoms with Crippen LogP contribution in [0.4, 0.5) is 0 Å². The van der Waals surface area contributed by atoms with Crippen molar-refractivity contribution >= 4 is 44.3 Å². The molecule has 0 aliphatic heterocycles. The Morgan fingerprint density at radius 3 is 0.862 bits per heavy atom. The maximum absolute atomic E-state index is 2.54. The van der Waals surface area contributed by atoms with Crippen LogP contribution in [-0.4, -0.2) is 19.4 Å². The zero-order valence-electron chi connectivity index (χ0n) is 16.4. The van der Waals surface area contributed by atoms with Gasteiger partial charge in [0.25, 0.3) is 0 Å². The Morgan fingerprint density at radius 1 is 0.379 bits per heavy atom. The van der Waals surface area contributed by atoms with Crippen molar-refractivity contribution in [1.82, 2.24) is 0 Å². The van der Waals surface area contributed by atoms with Gasteiger partial charge in [0.05, 0.1) is 0 Å². The van der Waals surface area contributed by atoms with Crippen LogP contribution in [0.3, 0.4) is 0 Å². The summed E-state index contributed by atoms with van der Waals surface area (Å²) in [4.78, 5) is 0. The maximum Gasteiger partial charge on any atom is 0.122 e. The molecule has 0 N–H and O–H groups in total. The van der Waals surface area contributed by atoms with E-state index >= 15 is 0 Å². The molecule has 3 heteroatoms. The molecule has 29 heavy (non-hydrogen) atoms. The number of rotatable bonds is 8. The van der Waals surface area contributed by atoms with E-state index in [2.05, 4.69) is 129 Å². The minimum Gasteiger partial charge on any atom is -0.0622 e. The van der Waals surface area contributed by atoms with E-state index in [0.717, 1.165) is 12.1 Å². The summed E-state index contributed by atoms with van der Waals surface area (Å²) in [6.45, 7) is 0. The van der Waals surface area contributed by atoms with Gasteiger partial charge >= 0.3 is 0 Å². The third-order valence-corrected chi connectivity index (χ3v) is 9.83. The minimum absolute atomic E-state index is 0.365. The minimum atomic E-state index is -0.365. The molecule has 0 saturated carbocycles. The van der Waals surface area contributed by atoms with E-state index in [9.17, 15) is 0 Å². The fraction of sp³-hybridized carbons (Fsp3) is 0.0769. The average molecular weight is 409 g/mol. The number of hydrogen-bond acceptors (Lipinski definition) is 0. The van der Waals surface area contributed by atoms with Gasteiger partial charge in [0.15, 0.2) is 0 Å². The van der Waals surface area contributed by atoms with Crippen molar-refractivity contribution < 1.29 is 0 Å². The number of benzene rings is 4. The third-order valence-electron chi connectivity index (χ3n) is 4.89. The van der Waals surface area contributed by atoms with Crippen molar-refractivity contribution in [2.75, 3.05) is 12.1 Å². The summed E-state index contributed by atoms with van der Waals surface area (Å²) in [6, 6.07) is 46.2. The Kier molecular flexibility index (Phi) is 7.31. The molecule has 0 aromatic heterocycles. The highest BCUT2D eigenvalue weighted by Crippen LogP contribution is 2.36. The molecule has 0 bridgehead atoms. The van der Waals surface area contributed by atoms with Crippen molar-refractivity contribution in [3.8, 4) is 0 Å². The smallest absolute Gasteiger partial charge is 0.0622 e. The Morgan fingerprint density at radius 2 is 0.621 bits per heavy atom. The summed E-state index contributed by atoms with van der Waals surface area (Å²) in [5.41, 5.74) is 0. The van der Waals surface area contributed by atoms with Crippen LogP contribution in [0.2, 0.25) is 0 Å². The lowest BCUT2D eigenvalue weighted by atomic mass is 9.86. The predicted molar refractivity (Wildman–Crippen MR) is 134 cm³/mol. The topological polar surface area (TPSA) is 0 Å². The Balaban J connectivity index is 1.53. The molecule has 1 radical (unpaired) electrons. The largest absolute Gasteiger partial charge is 0.122 e. The zero-order chi connectivity index (χ0) is 19.7. The van der Waals surface area contributed by atoms with Crippen LogP contribution in [0.1, 0.15) is 0 Å². The Labute approximate surface area is 177 Å². The highest BCUT2D eigenvalue weighted by atomic mass is 31.1. The van der Waals surface area contributed by atoms with Crippen LogP contribution in [0.5, 0.6) is 0 Å². The van der Waals surface area contributed by atoms with Crippen LogP contribution in [0.15, 0.2) is 121 Å². The first-order valence-electron chi connectivity index (χ1n) is 9.99. The van der Waals surface area contributed by atoms with Crippen LogP contribution in [0, 0.1) is 0 Å². The van der Waals surface area contributed by atoms with Gasteiger partial charge in [-0.2, -0.15) is 0 Å². The van der Waals surface area contributed by atoms with Gasteiger partial charge < -0.3 is 0 Å². The number of hydrogen-bond donors (Lipinski definition) is 0. The first-order valence-corrected chi connectivity index (χ1v) is 13.0. The second-order valence-electron chi connectivity index (χ2n) is 6.85. The maximum atomic E-state index is 2.54. The quantitative estimate of drug-likeness (QED) is 0.288. The molecule has 0 aliphatic rings. The SMILES string of the molecule is [B](CP(c1ccccc1)c1ccccc1)CP(c1ccccc1)c1ccccc1. The van der Waals surface area contributed by atoms with E-state index < -0.39 is 0 Å². The monoisotopic (exact) mass is 409 g/mol. The third kappa shape index (κ3) is 5.45. The fourth-order valence-corrected chi connectivity index (χ4v) is 8.01. The molecule has 0 fully saturated rings. The fourth-order valence-electron chi connectivity index (χ4n) is 3.47. The van der Waals surface area contributed by atoms with Crippen LogP contribution in [-0.2, 0) is 0 Å². The average Bonchev–Trinajstić information content (AvgIpc) is 2.81.